The zero-order valence-corrected chi connectivity index (χ0v) is 13.7. The summed E-state index contributed by atoms with van der Waals surface area (Å²) in [5, 5.41) is 4.93. The summed E-state index contributed by atoms with van der Waals surface area (Å²) in [6, 6.07) is 3.74. The highest BCUT2D eigenvalue weighted by molar-refractivity contribution is 8.14. The molecule has 0 atom stereocenters. The molecule has 0 radical (unpaired) electrons. The van der Waals surface area contributed by atoms with Crippen LogP contribution in [0.3, 0.4) is 0 Å². The van der Waals surface area contributed by atoms with Crippen LogP contribution >= 0.6 is 35.1 Å². The van der Waals surface area contributed by atoms with Crippen molar-refractivity contribution in [1.82, 2.24) is 8.75 Å². The lowest BCUT2D eigenvalue weighted by molar-refractivity contribution is 0.456. The number of rotatable bonds is 3. The topological polar surface area (TPSA) is 50.2 Å². The molecule has 0 saturated carbocycles. The second-order valence-corrected chi connectivity index (χ2v) is 6.72. The molecule has 7 heteroatoms. The number of thioether (sulfide) groups is 1. The van der Waals surface area contributed by atoms with Crippen LogP contribution in [0.5, 0.6) is 0 Å². The molecule has 0 unspecified atom stereocenters. The quantitative estimate of drug-likeness (QED) is 0.907. The number of anilines is 1. The van der Waals surface area contributed by atoms with Crippen LogP contribution in [0.4, 0.5) is 5.69 Å². The smallest absolute Gasteiger partial charge is 0.161 e. The molecule has 0 aliphatic carbocycles. The number of halogens is 1. The van der Waals surface area contributed by atoms with E-state index in [-0.39, 0.29) is 5.54 Å². The van der Waals surface area contributed by atoms with Crippen molar-refractivity contribution >= 4 is 57.0 Å². The van der Waals surface area contributed by atoms with Gasteiger partial charge in [-0.25, -0.2) is 0 Å². The first kappa shape index (κ1) is 14.1. The first-order chi connectivity index (χ1) is 9.67. The molecule has 0 bridgehead atoms. The molecule has 0 fully saturated rings. The molecule has 0 spiro atoms. The van der Waals surface area contributed by atoms with Crippen LogP contribution in [0.1, 0.15) is 26.7 Å². The van der Waals surface area contributed by atoms with Gasteiger partial charge in [-0.2, -0.15) is 8.75 Å². The second-order valence-electron chi connectivity index (χ2n) is 4.82. The Morgan fingerprint density at radius 1 is 1.30 bits per heavy atom. The molecule has 106 valence electrons. The van der Waals surface area contributed by atoms with Crippen molar-refractivity contribution in [1.29, 1.82) is 0 Å². The molecule has 1 aliphatic rings. The number of aromatic nitrogens is 2. The number of amidine groups is 1. The van der Waals surface area contributed by atoms with E-state index in [9.17, 15) is 0 Å². The van der Waals surface area contributed by atoms with Crippen LogP contribution in [0.15, 0.2) is 17.1 Å². The molecular formula is C13H15ClN4S2. The van der Waals surface area contributed by atoms with Crippen molar-refractivity contribution in [2.24, 2.45) is 4.99 Å². The minimum atomic E-state index is 0.0632. The predicted molar refractivity (Wildman–Crippen MR) is 89.3 cm³/mol. The summed E-state index contributed by atoms with van der Waals surface area (Å²) >= 11 is 9.23. The van der Waals surface area contributed by atoms with Crippen molar-refractivity contribution in [2.45, 2.75) is 32.2 Å². The Hall–Kier alpha value is -0.850. The van der Waals surface area contributed by atoms with Gasteiger partial charge in [0.2, 0.25) is 0 Å². The zero-order valence-electron chi connectivity index (χ0n) is 11.3. The number of hydrogen-bond acceptors (Lipinski definition) is 6. The number of nitrogens with zero attached hydrogens (tertiary/aromatic N) is 3. The summed E-state index contributed by atoms with van der Waals surface area (Å²) in [5.74, 6) is 1.02. The molecule has 1 aliphatic heterocycles. The zero-order chi connectivity index (χ0) is 14.2. The highest BCUT2D eigenvalue weighted by Gasteiger charge is 2.32. The third-order valence-electron chi connectivity index (χ3n) is 3.74. The molecule has 0 amide bonds. The van der Waals surface area contributed by atoms with Crippen molar-refractivity contribution in [3.8, 4) is 0 Å². The third kappa shape index (κ3) is 2.40. The predicted octanol–water partition coefficient (Wildman–Crippen LogP) is 4.42. The largest absolute Gasteiger partial charge is 0.332 e. The number of fused-ring (bicyclic) bond motifs is 1. The van der Waals surface area contributed by atoms with Gasteiger partial charge in [0, 0.05) is 5.75 Å². The van der Waals surface area contributed by atoms with Crippen molar-refractivity contribution in [3.63, 3.8) is 0 Å². The fourth-order valence-corrected chi connectivity index (χ4v) is 4.26. The maximum Gasteiger partial charge on any atom is 0.161 e. The first-order valence-electron chi connectivity index (χ1n) is 6.58. The van der Waals surface area contributed by atoms with Crippen LogP contribution in [0, 0.1) is 0 Å². The highest BCUT2D eigenvalue weighted by atomic mass is 35.5. The second kappa shape index (κ2) is 5.50. The van der Waals surface area contributed by atoms with E-state index in [1.165, 1.54) is 11.7 Å². The summed E-state index contributed by atoms with van der Waals surface area (Å²) in [6.07, 6.45) is 2.11. The van der Waals surface area contributed by atoms with Gasteiger partial charge in [0.05, 0.1) is 28.0 Å². The third-order valence-corrected chi connectivity index (χ3v) is 5.75. The molecule has 1 aromatic carbocycles. The van der Waals surface area contributed by atoms with E-state index < -0.39 is 0 Å². The van der Waals surface area contributed by atoms with Gasteiger partial charge in [-0.05, 0) is 25.0 Å². The Morgan fingerprint density at radius 2 is 2.10 bits per heavy atom. The molecule has 2 heterocycles. The molecule has 3 rings (SSSR count). The van der Waals surface area contributed by atoms with E-state index in [0.29, 0.717) is 5.02 Å². The fourth-order valence-electron chi connectivity index (χ4n) is 2.21. The van der Waals surface area contributed by atoms with Gasteiger partial charge in [0.1, 0.15) is 11.0 Å². The van der Waals surface area contributed by atoms with Gasteiger partial charge < -0.3 is 5.32 Å². The van der Waals surface area contributed by atoms with Crippen molar-refractivity contribution in [2.75, 3.05) is 11.1 Å². The number of benzene rings is 1. The van der Waals surface area contributed by atoms with Crippen molar-refractivity contribution < 1.29 is 0 Å². The Kier molecular flexibility index (Phi) is 3.88. The lowest BCUT2D eigenvalue weighted by Gasteiger charge is -2.20. The Balaban J connectivity index is 1.94. The first-order valence-corrected chi connectivity index (χ1v) is 8.67. The Bertz CT molecular complexity index is 663. The molecule has 2 aromatic rings. The summed E-state index contributed by atoms with van der Waals surface area (Å²) < 4.78 is 8.56. The van der Waals surface area contributed by atoms with Crippen LogP contribution in [-0.2, 0) is 0 Å². The van der Waals surface area contributed by atoms with E-state index in [2.05, 4.69) is 27.9 Å². The summed E-state index contributed by atoms with van der Waals surface area (Å²) in [5.41, 5.74) is 2.56. The molecule has 4 nitrogen and oxygen atoms in total. The minimum Gasteiger partial charge on any atom is -0.332 e. The van der Waals surface area contributed by atoms with E-state index in [4.69, 9.17) is 16.6 Å². The van der Waals surface area contributed by atoms with Crippen LogP contribution < -0.4 is 5.32 Å². The van der Waals surface area contributed by atoms with E-state index in [0.717, 1.165) is 40.5 Å². The normalized spacial score (nSPS) is 17.4. The maximum absolute atomic E-state index is 6.29. The molecule has 20 heavy (non-hydrogen) atoms. The molecular weight excluding hydrogens is 312 g/mol. The van der Waals surface area contributed by atoms with Crippen LogP contribution in [-0.4, -0.2) is 25.2 Å². The summed E-state index contributed by atoms with van der Waals surface area (Å²) in [7, 11) is 0. The number of hydrogen-bond donors (Lipinski definition) is 1. The number of aliphatic imine (C=N–C) groups is 1. The number of nitrogens with one attached hydrogen (secondary N) is 1. The minimum absolute atomic E-state index is 0.0632. The SMILES string of the molecule is CCC1(CC)CSC(Nc2c(Cl)ccc3nsnc23)=N1. The van der Waals surface area contributed by atoms with Gasteiger partial charge >= 0.3 is 0 Å². The highest BCUT2D eigenvalue weighted by Crippen LogP contribution is 2.36. The van der Waals surface area contributed by atoms with Gasteiger partial charge in [0.25, 0.3) is 0 Å². The summed E-state index contributed by atoms with van der Waals surface area (Å²) in [4.78, 5) is 4.85. The van der Waals surface area contributed by atoms with Gasteiger partial charge in [-0.15, -0.1) is 0 Å². The maximum atomic E-state index is 6.29. The van der Waals surface area contributed by atoms with Crippen molar-refractivity contribution in [3.05, 3.63) is 17.2 Å². The molecule has 0 saturated heterocycles. The van der Waals surface area contributed by atoms with Gasteiger partial charge in [-0.1, -0.05) is 37.2 Å². The van der Waals surface area contributed by atoms with E-state index >= 15 is 0 Å². The Morgan fingerprint density at radius 3 is 2.80 bits per heavy atom. The van der Waals surface area contributed by atoms with Crippen LogP contribution in [0.25, 0.3) is 11.0 Å². The van der Waals surface area contributed by atoms with Gasteiger partial charge in [-0.3, -0.25) is 4.99 Å². The standard InChI is InChI=1S/C13H15ClN4S2/c1-3-13(4-2)7-19-12(16-13)15-10-8(14)5-6-9-11(10)18-20-17-9/h5-6H,3-4,7H2,1-2H3,(H,15,16). The average Bonchev–Trinajstić information content (AvgIpc) is 3.09. The molecule has 1 aromatic heterocycles. The Labute approximate surface area is 131 Å². The van der Waals surface area contributed by atoms with E-state index in [1.54, 1.807) is 11.8 Å². The van der Waals surface area contributed by atoms with Gasteiger partial charge in [0.15, 0.2) is 5.17 Å². The van der Waals surface area contributed by atoms with Crippen LogP contribution in [0.2, 0.25) is 5.02 Å². The van der Waals surface area contributed by atoms with E-state index in [1.807, 2.05) is 12.1 Å². The lowest BCUT2D eigenvalue weighted by Crippen LogP contribution is -2.24. The lowest BCUT2D eigenvalue weighted by atomic mass is 9.97. The average molecular weight is 327 g/mol. The summed E-state index contributed by atoms with van der Waals surface area (Å²) in [6.45, 7) is 4.38. The molecule has 1 N–H and O–H groups in total. The fraction of sp³-hybridized carbons (Fsp3) is 0.462. The monoisotopic (exact) mass is 326 g/mol.